The Labute approximate surface area is 124 Å². The highest BCUT2D eigenvalue weighted by molar-refractivity contribution is 6.29. The molecule has 0 spiro atoms. The minimum absolute atomic E-state index is 0.231. The van der Waals surface area contributed by atoms with Crippen LogP contribution in [0, 0.1) is 11.3 Å². The fraction of sp³-hybridized carbons (Fsp3) is 0.0714. The smallest absolute Gasteiger partial charge is 0.277 e. The van der Waals surface area contributed by atoms with E-state index in [9.17, 15) is 4.79 Å². The zero-order valence-electron chi connectivity index (χ0n) is 10.9. The van der Waals surface area contributed by atoms with E-state index >= 15 is 0 Å². The Hall–Kier alpha value is -2.78. The number of nitriles is 1. The number of rotatable bonds is 2. The van der Waals surface area contributed by atoms with Crippen molar-refractivity contribution in [3.05, 3.63) is 45.3 Å². The lowest BCUT2D eigenvalue weighted by molar-refractivity contribution is 0.416. The second-order valence-electron chi connectivity index (χ2n) is 4.32. The van der Waals surface area contributed by atoms with Gasteiger partial charge in [-0.1, -0.05) is 11.6 Å². The number of nitrogens with one attached hydrogen (secondary N) is 2. The Morgan fingerprint density at radius 1 is 1.33 bits per heavy atom. The number of ether oxygens (including phenoxy) is 1. The van der Waals surface area contributed by atoms with Crippen LogP contribution in [0.2, 0.25) is 5.15 Å². The molecule has 2 aromatic heterocycles. The molecule has 0 saturated heterocycles. The molecular formula is C14H9ClN4O2. The first-order valence-electron chi connectivity index (χ1n) is 5.99. The molecule has 21 heavy (non-hydrogen) atoms. The predicted molar refractivity (Wildman–Crippen MR) is 78.4 cm³/mol. The number of H-pyrrole nitrogens is 2. The predicted octanol–water partition coefficient (Wildman–Crippen LogP) is 2.45. The van der Waals surface area contributed by atoms with Crippen LogP contribution >= 0.6 is 11.6 Å². The molecule has 0 amide bonds. The second-order valence-corrected chi connectivity index (χ2v) is 4.73. The molecule has 0 fully saturated rings. The van der Waals surface area contributed by atoms with Gasteiger partial charge in [0.2, 0.25) is 0 Å². The Balaban J connectivity index is 2.24. The van der Waals surface area contributed by atoms with Gasteiger partial charge in [0, 0.05) is 0 Å². The van der Waals surface area contributed by atoms with Crippen LogP contribution in [0.25, 0.3) is 22.4 Å². The fourth-order valence-electron chi connectivity index (χ4n) is 2.08. The van der Waals surface area contributed by atoms with Crippen molar-refractivity contribution in [1.82, 2.24) is 15.0 Å². The normalized spacial score (nSPS) is 10.5. The summed E-state index contributed by atoms with van der Waals surface area (Å²) in [5, 5.41) is 9.14. The highest BCUT2D eigenvalue weighted by Gasteiger charge is 2.13. The molecule has 0 aliphatic carbocycles. The summed E-state index contributed by atoms with van der Waals surface area (Å²) >= 11 is 5.81. The van der Waals surface area contributed by atoms with Crippen LogP contribution in [0.4, 0.5) is 0 Å². The zero-order chi connectivity index (χ0) is 15.0. The van der Waals surface area contributed by atoms with Crippen molar-refractivity contribution in [1.29, 1.82) is 5.26 Å². The first kappa shape index (κ1) is 13.2. The third-order valence-electron chi connectivity index (χ3n) is 3.04. The highest BCUT2D eigenvalue weighted by Crippen LogP contribution is 2.29. The molecule has 104 valence electrons. The van der Waals surface area contributed by atoms with Gasteiger partial charge >= 0.3 is 0 Å². The lowest BCUT2D eigenvalue weighted by Crippen LogP contribution is -2.05. The number of aromatic nitrogens is 3. The summed E-state index contributed by atoms with van der Waals surface area (Å²) in [5.74, 6) is 0.967. The molecule has 0 aliphatic rings. The van der Waals surface area contributed by atoms with E-state index in [1.54, 1.807) is 24.3 Å². The van der Waals surface area contributed by atoms with Crippen molar-refractivity contribution in [2.45, 2.75) is 0 Å². The lowest BCUT2D eigenvalue weighted by Gasteiger charge is -2.05. The molecule has 0 unspecified atom stereocenters. The van der Waals surface area contributed by atoms with Gasteiger partial charge in [0.05, 0.1) is 29.8 Å². The van der Waals surface area contributed by atoms with E-state index in [2.05, 4.69) is 15.0 Å². The molecule has 6 nitrogen and oxygen atoms in total. The summed E-state index contributed by atoms with van der Waals surface area (Å²) < 4.78 is 5.27. The number of fused-ring (bicyclic) bond motifs is 1. The van der Waals surface area contributed by atoms with Gasteiger partial charge in [-0.05, 0) is 24.3 Å². The molecule has 3 aromatic rings. The first-order chi connectivity index (χ1) is 10.1. The van der Waals surface area contributed by atoms with E-state index in [1.807, 2.05) is 6.07 Å². The van der Waals surface area contributed by atoms with Crippen molar-refractivity contribution in [3.8, 4) is 23.2 Å². The Kier molecular flexibility index (Phi) is 3.12. The number of hydrogen-bond donors (Lipinski definition) is 2. The number of aromatic amines is 2. The third kappa shape index (κ3) is 2.24. The van der Waals surface area contributed by atoms with Crippen molar-refractivity contribution in [3.63, 3.8) is 0 Å². The number of imidazole rings is 1. The van der Waals surface area contributed by atoms with Crippen LogP contribution in [-0.4, -0.2) is 22.1 Å². The van der Waals surface area contributed by atoms with Crippen LogP contribution in [0.5, 0.6) is 5.75 Å². The van der Waals surface area contributed by atoms with E-state index in [-0.39, 0.29) is 16.2 Å². The van der Waals surface area contributed by atoms with Crippen molar-refractivity contribution < 1.29 is 4.74 Å². The van der Waals surface area contributed by atoms with Gasteiger partial charge < -0.3 is 14.7 Å². The molecule has 0 radical (unpaired) electrons. The average Bonchev–Trinajstić information content (AvgIpc) is 2.90. The summed E-state index contributed by atoms with van der Waals surface area (Å²) in [6.07, 6.45) is 0. The Morgan fingerprint density at radius 2 is 2.14 bits per heavy atom. The molecule has 2 heterocycles. The van der Waals surface area contributed by atoms with E-state index in [0.29, 0.717) is 28.2 Å². The molecule has 0 atom stereocenters. The quantitative estimate of drug-likeness (QED) is 0.711. The lowest BCUT2D eigenvalue weighted by atomic mass is 10.1. The maximum Gasteiger partial charge on any atom is 0.277 e. The minimum atomic E-state index is -0.368. The van der Waals surface area contributed by atoms with Crippen molar-refractivity contribution in [2.75, 3.05) is 7.11 Å². The molecular weight excluding hydrogens is 292 g/mol. The maximum absolute atomic E-state index is 11.8. The standard InChI is InChI=1S/C14H9ClN4O2/c1-21-10-4-7(6-16)2-3-8(10)13-17-9-5-11(15)18-14(20)12(9)19-13/h2-5H,1H3,(H,17,19)(H,18,20). The van der Waals surface area contributed by atoms with E-state index in [4.69, 9.17) is 21.6 Å². The molecule has 7 heteroatoms. The number of nitrogens with zero attached hydrogens (tertiary/aromatic N) is 2. The van der Waals surface area contributed by atoms with Crippen LogP contribution in [0.3, 0.4) is 0 Å². The zero-order valence-corrected chi connectivity index (χ0v) is 11.7. The monoisotopic (exact) mass is 300 g/mol. The van der Waals surface area contributed by atoms with Gasteiger partial charge in [-0.25, -0.2) is 4.98 Å². The van der Waals surface area contributed by atoms with Crippen molar-refractivity contribution in [2.24, 2.45) is 0 Å². The second kappa shape index (κ2) is 4.96. The van der Waals surface area contributed by atoms with Gasteiger partial charge in [0.25, 0.3) is 5.56 Å². The summed E-state index contributed by atoms with van der Waals surface area (Å²) in [4.78, 5) is 21.6. The molecule has 1 aromatic carbocycles. The van der Waals surface area contributed by atoms with Gasteiger partial charge in [-0.15, -0.1) is 0 Å². The summed E-state index contributed by atoms with van der Waals surface area (Å²) in [6, 6.07) is 8.61. The molecule has 0 saturated carbocycles. The average molecular weight is 301 g/mol. The Morgan fingerprint density at radius 3 is 2.86 bits per heavy atom. The largest absolute Gasteiger partial charge is 0.496 e. The number of hydrogen-bond acceptors (Lipinski definition) is 4. The van der Waals surface area contributed by atoms with E-state index in [0.717, 1.165) is 0 Å². The molecule has 2 N–H and O–H groups in total. The summed E-state index contributed by atoms with van der Waals surface area (Å²) in [6.45, 7) is 0. The highest BCUT2D eigenvalue weighted by atomic mass is 35.5. The molecule has 3 rings (SSSR count). The van der Waals surface area contributed by atoms with E-state index in [1.165, 1.54) is 7.11 Å². The van der Waals surface area contributed by atoms with Gasteiger partial charge in [-0.3, -0.25) is 4.79 Å². The number of halogens is 1. The van der Waals surface area contributed by atoms with Crippen LogP contribution < -0.4 is 10.3 Å². The summed E-state index contributed by atoms with van der Waals surface area (Å²) in [5.41, 5.74) is 1.56. The summed E-state index contributed by atoms with van der Waals surface area (Å²) in [7, 11) is 1.51. The van der Waals surface area contributed by atoms with Gasteiger partial charge in [0.1, 0.15) is 16.7 Å². The minimum Gasteiger partial charge on any atom is -0.496 e. The fourth-order valence-corrected chi connectivity index (χ4v) is 2.27. The third-order valence-corrected chi connectivity index (χ3v) is 3.24. The maximum atomic E-state index is 11.8. The number of benzene rings is 1. The number of methoxy groups -OCH3 is 1. The topological polar surface area (TPSA) is 94.6 Å². The van der Waals surface area contributed by atoms with Gasteiger partial charge in [-0.2, -0.15) is 5.26 Å². The molecule has 0 aliphatic heterocycles. The Bertz CT molecular complexity index is 936. The van der Waals surface area contributed by atoms with Crippen LogP contribution in [0.15, 0.2) is 29.1 Å². The van der Waals surface area contributed by atoms with Gasteiger partial charge in [0.15, 0.2) is 5.52 Å². The number of pyridine rings is 1. The SMILES string of the molecule is COc1cc(C#N)ccc1-c1nc2c(=O)[nH]c(Cl)cc2[nH]1. The first-order valence-corrected chi connectivity index (χ1v) is 6.37. The van der Waals surface area contributed by atoms with Crippen LogP contribution in [-0.2, 0) is 0 Å². The van der Waals surface area contributed by atoms with Crippen LogP contribution in [0.1, 0.15) is 5.56 Å². The van der Waals surface area contributed by atoms with Crippen molar-refractivity contribution >= 4 is 22.6 Å². The van der Waals surface area contributed by atoms with E-state index < -0.39 is 0 Å². The molecule has 0 bridgehead atoms.